The van der Waals surface area contributed by atoms with E-state index in [9.17, 15) is 13.2 Å². The molecule has 126 valence electrons. The van der Waals surface area contributed by atoms with Crippen molar-refractivity contribution in [1.29, 1.82) is 0 Å². The second kappa shape index (κ2) is 5.89. The van der Waals surface area contributed by atoms with Crippen molar-refractivity contribution >= 4 is 33.0 Å². The van der Waals surface area contributed by atoms with Gasteiger partial charge < -0.3 is 4.90 Å². The first-order valence-electron chi connectivity index (χ1n) is 7.99. The van der Waals surface area contributed by atoms with Crippen LogP contribution in [0.2, 0.25) is 0 Å². The van der Waals surface area contributed by atoms with Gasteiger partial charge in [-0.1, -0.05) is 12.1 Å². The number of anilines is 1. The van der Waals surface area contributed by atoms with Crippen LogP contribution in [-0.2, 0) is 23.0 Å². The minimum absolute atomic E-state index is 0.0413. The highest BCUT2D eigenvalue weighted by Crippen LogP contribution is 2.31. The van der Waals surface area contributed by atoms with Gasteiger partial charge in [0, 0.05) is 18.8 Å². The molecule has 0 radical (unpaired) electrons. The Morgan fingerprint density at radius 3 is 2.75 bits per heavy atom. The Kier molecular flexibility index (Phi) is 3.85. The lowest BCUT2D eigenvalue weighted by Gasteiger charge is -2.29. The number of rotatable bonds is 4. The average Bonchev–Trinajstić information content (AvgIpc) is 3.30. The summed E-state index contributed by atoms with van der Waals surface area (Å²) >= 11 is 1.44. The number of carbonyl (C=O) groups is 1. The SMILES string of the molecule is O=C(c1cccs1)N1CCc2ccc(NS(=O)(=O)C3CC3)cc2C1. The smallest absolute Gasteiger partial charge is 0.264 e. The summed E-state index contributed by atoms with van der Waals surface area (Å²) < 4.78 is 26.8. The minimum atomic E-state index is -3.26. The van der Waals surface area contributed by atoms with Gasteiger partial charge in [0.05, 0.1) is 10.1 Å². The number of hydrogen-bond acceptors (Lipinski definition) is 4. The summed E-state index contributed by atoms with van der Waals surface area (Å²) in [7, 11) is -3.26. The van der Waals surface area contributed by atoms with Crippen molar-refractivity contribution in [3.05, 3.63) is 51.7 Å². The summed E-state index contributed by atoms with van der Waals surface area (Å²) in [4.78, 5) is 15.1. The summed E-state index contributed by atoms with van der Waals surface area (Å²) in [6.45, 7) is 1.21. The van der Waals surface area contributed by atoms with Crippen LogP contribution in [0.1, 0.15) is 33.6 Å². The molecule has 0 spiro atoms. The summed E-state index contributed by atoms with van der Waals surface area (Å²) in [5, 5.41) is 1.65. The van der Waals surface area contributed by atoms with Crippen molar-refractivity contribution in [2.24, 2.45) is 0 Å². The van der Waals surface area contributed by atoms with E-state index in [-0.39, 0.29) is 11.2 Å². The number of carbonyl (C=O) groups excluding carboxylic acids is 1. The van der Waals surface area contributed by atoms with Crippen LogP contribution in [0, 0.1) is 0 Å². The van der Waals surface area contributed by atoms with Crippen LogP contribution in [0.5, 0.6) is 0 Å². The molecule has 1 N–H and O–H groups in total. The first kappa shape index (κ1) is 15.7. The van der Waals surface area contributed by atoms with Gasteiger partial charge in [0.15, 0.2) is 0 Å². The number of nitrogens with one attached hydrogen (secondary N) is 1. The Labute approximate surface area is 145 Å². The number of thiophene rings is 1. The number of hydrogen-bond donors (Lipinski definition) is 1. The highest BCUT2D eigenvalue weighted by atomic mass is 32.2. The normalized spacial score (nSPS) is 17.4. The van der Waals surface area contributed by atoms with E-state index in [2.05, 4.69) is 4.72 Å². The fourth-order valence-electron chi connectivity index (χ4n) is 2.98. The number of benzene rings is 1. The molecule has 1 aliphatic heterocycles. The molecular weight excluding hydrogens is 344 g/mol. The zero-order valence-electron chi connectivity index (χ0n) is 13.1. The Bertz CT molecular complexity index is 871. The molecule has 1 aromatic heterocycles. The molecule has 1 fully saturated rings. The molecule has 1 amide bonds. The van der Waals surface area contributed by atoms with E-state index in [1.165, 1.54) is 16.9 Å². The van der Waals surface area contributed by atoms with E-state index in [1.54, 1.807) is 0 Å². The van der Waals surface area contributed by atoms with Gasteiger partial charge in [0.25, 0.3) is 5.91 Å². The Hall–Kier alpha value is -1.86. The molecule has 24 heavy (non-hydrogen) atoms. The molecule has 0 bridgehead atoms. The predicted octanol–water partition coefficient (Wildman–Crippen LogP) is 2.85. The van der Waals surface area contributed by atoms with Gasteiger partial charge in [-0.3, -0.25) is 9.52 Å². The zero-order valence-corrected chi connectivity index (χ0v) is 14.7. The predicted molar refractivity (Wildman–Crippen MR) is 94.8 cm³/mol. The monoisotopic (exact) mass is 362 g/mol. The molecule has 2 heterocycles. The van der Waals surface area contributed by atoms with Gasteiger partial charge in [-0.2, -0.15) is 0 Å². The molecule has 0 atom stereocenters. The number of amides is 1. The Morgan fingerprint density at radius 1 is 1.21 bits per heavy atom. The van der Waals surface area contributed by atoms with E-state index < -0.39 is 10.0 Å². The average molecular weight is 362 g/mol. The van der Waals surface area contributed by atoms with E-state index >= 15 is 0 Å². The first-order chi connectivity index (χ1) is 11.5. The quantitative estimate of drug-likeness (QED) is 0.909. The molecule has 1 aliphatic carbocycles. The second-order valence-electron chi connectivity index (χ2n) is 6.28. The van der Waals surface area contributed by atoms with Crippen molar-refractivity contribution in [3.63, 3.8) is 0 Å². The van der Waals surface area contributed by atoms with Crippen molar-refractivity contribution < 1.29 is 13.2 Å². The van der Waals surface area contributed by atoms with Gasteiger partial charge in [-0.25, -0.2) is 8.42 Å². The van der Waals surface area contributed by atoms with Crippen molar-refractivity contribution in [2.45, 2.75) is 31.1 Å². The first-order valence-corrected chi connectivity index (χ1v) is 10.4. The van der Waals surface area contributed by atoms with E-state index in [0.717, 1.165) is 29.7 Å². The zero-order chi connectivity index (χ0) is 16.7. The molecule has 1 saturated carbocycles. The lowest BCUT2D eigenvalue weighted by molar-refractivity contribution is 0.0739. The number of sulfonamides is 1. The Balaban J connectivity index is 1.54. The topological polar surface area (TPSA) is 66.5 Å². The standard InChI is InChI=1S/C17H18N2O3S2/c20-17(16-2-1-9-23-16)19-8-7-12-3-4-14(10-13(12)11-19)18-24(21,22)15-5-6-15/h1-4,9-10,15,18H,5-8,11H2. The second-order valence-corrected chi connectivity index (χ2v) is 9.19. The van der Waals surface area contributed by atoms with Crippen LogP contribution in [0.15, 0.2) is 35.7 Å². The van der Waals surface area contributed by atoms with Crippen LogP contribution >= 0.6 is 11.3 Å². The van der Waals surface area contributed by atoms with Crippen molar-refractivity contribution in [1.82, 2.24) is 4.90 Å². The maximum absolute atomic E-state index is 12.5. The van der Waals surface area contributed by atoms with Crippen LogP contribution < -0.4 is 4.72 Å². The minimum Gasteiger partial charge on any atom is -0.333 e. The maximum Gasteiger partial charge on any atom is 0.264 e. The number of fused-ring (bicyclic) bond motifs is 1. The van der Waals surface area contributed by atoms with E-state index in [4.69, 9.17) is 0 Å². The molecule has 2 aromatic rings. The van der Waals surface area contributed by atoms with E-state index in [1.807, 2.05) is 40.6 Å². The van der Waals surface area contributed by atoms with Crippen molar-refractivity contribution in [3.8, 4) is 0 Å². The summed E-state index contributed by atoms with van der Waals surface area (Å²) in [5.41, 5.74) is 2.79. The molecule has 7 heteroatoms. The van der Waals surface area contributed by atoms with Gasteiger partial charge in [-0.15, -0.1) is 11.3 Å². The molecule has 1 aromatic carbocycles. The summed E-state index contributed by atoms with van der Waals surface area (Å²) in [5.74, 6) is 0.0413. The molecular formula is C17H18N2O3S2. The third kappa shape index (κ3) is 3.06. The van der Waals surface area contributed by atoms with Gasteiger partial charge in [-0.05, 0) is 54.0 Å². The molecule has 0 saturated heterocycles. The van der Waals surface area contributed by atoms with Gasteiger partial charge in [0.1, 0.15) is 0 Å². The lowest BCUT2D eigenvalue weighted by atomic mass is 9.99. The molecule has 4 rings (SSSR count). The van der Waals surface area contributed by atoms with Crippen LogP contribution in [0.25, 0.3) is 0 Å². The molecule has 0 unspecified atom stereocenters. The lowest BCUT2D eigenvalue weighted by Crippen LogP contribution is -2.35. The van der Waals surface area contributed by atoms with Crippen LogP contribution in [-0.4, -0.2) is 31.0 Å². The fraction of sp³-hybridized carbons (Fsp3) is 0.353. The third-order valence-corrected chi connectivity index (χ3v) is 7.19. The Morgan fingerprint density at radius 2 is 2.04 bits per heavy atom. The van der Waals surface area contributed by atoms with Gasteiger partial charge >= 0.3 is 0 Å². The molecule has 2 aliphatic rings. The molecule has 5 nitrogen and oxygen atoms in total. The largest absolute Gasteiger partial charge is 0.333 e. The van der Waals surface area contributed by atoms with Gasteiger partial charge in [0.2, 0.25) is 10.0 Å². The van der Waals surface area contributed by atoms with Crippen LogP contribution in [0.4, 0.5) is 5.69 Å². The number of nitrogens with zero attached hydrogens (tertiary/aromatic N) is 1. The summed E-state index contributed by atoms with van der Waals surface area (Å²) in [6, 6.07) is 9.36. The maximum atomic E-state index is 12.5. The fourth-order valence-corrected chi connectivity index (χ4v) is 5.05. The highest BCUT2D eigenvalue weighted by molar-refractivity contribution is 7.93. The van der Waals surface area contributed by atoms with E-state index in [0.29, 0.717) is 18.8 Å². The highest BCUT2D eigenvalue weighted by Gasteiger charge is 2.35. The van der Waals surface area contributed by atoms with Crippen LogP contribution in [0.3, 0.4) is 0 Å². The third-order valence-electron chi connectivity index (χ3n) is 4.46. The van der Waals surface area contributed by atoms with Crippen molar-refractivity contribution in [2.75, 3.05) is 11.3 Å². The summed E-state index contributed by atoms with van der Waals surface area (Å²) in [6.07, 6.45) is 2.27.